The molecule has 0 aromatic heterocycles. The van der Waals surface area contributed by atoms with Crippen LogP contribution in [0.5, 0.6) is 5.75 Å². The quantitative estimate of drug-likeness (QED) is 0.543. The second-order valence-electron chi connectivity index (χ2n) is 7.87. The Bertz CT molecular complexity index is 1170. The van der Waals surface area contributed by atoms with Crippen LogP contribution in [0.25, 0.3) is 0 Å². The highest BCUT2D eigenvalue weighted by Crippen LogP contribution is 2.31. The van der Waals surface area contributed by atoms with Crippen LogP contribution in [0.4, 0.5) is 10.1 Å². The first kappa shape index (κ1) is 22.6. The fourth-order valence-corrected chi connectivity index (χ4v) is 6.00. The van der Waals surface area contributed by atoms with Crippen LogP contribution in [0, 0.1) is 5.82 Å². The summed E-state index contributed by atoms with van der Waals surface area (Å²) in [5, 5.41) is 10.7. The van der Waals surface area contributed by atoms with Crippen molar-refractivity contribution in [3.05, 3.63) is 89.2 Å². The molecular weight excluding hydrogens is 451 g/mol. The number of rotatable bonds is 6. The molecule has 1 fully saturated rings. The van der Waals surface area contributed by atoms with Gasteiger partial charge in [-0.2, -0.15) is 0 Å². The van der Waals surface area contributed by atoms with Crippen LogP contribution in [-0.4, -0.2) is 37.6 Å². The lowest BCUT2D eigenvalue weighted by atomic mass is 10.0. The summed E-state index contributed by atoms with van der Waals surface area (Å²) in [4.78, 5) is 2.37. The summed E-state index contributed by atoms with van der Waals surface area (Å²) in [6.45, 7) is 1.83. The summed E-state index contributed by atoms with van der Waals surface area (Å²) in [5.41, 5.74) is 1.18. The van der Waals surface area contributed by atoms with Crippen molar-refractivity contribution in [2.24, 2.45) is 0 Å². The normalized spacial score (nSPS) is 15.6. The van der Waals surface area contributed by atoms with E-state index in [4.69, 9.17) is 11.6 Å². The van der Waals surface area contributed by atoms with E-state index in [-0.39, 0.29) is 16.7 Å². The molecule has 1 heterocycles. The minimum Gasteiger partial charge on any atom is -0.508 e. The number of hydrogen-bond acceptors (Lipinski definition) is 4. The van der Waals surface area contributed by atoms with E-state index in [1.165, 1.54) is 28.6 Å². The maximum atomic E-state index is 13.5. The van der Waals surface area contributed by atoms with Gasteiger partial charge in [0, 0.05) is 36.3 Å². The molecule has 5 nitrogen and oxygen atoms in total. The molecule has 3 aromatic carbocycles. The first-order valence-electron chi connectivity index (χ1n) is 10.4. The summed E-state index contributed by atoms with van der Waals surface area (Å²) in [6, 6.07) is 18.6. The molecule has 0 atom stereocenters. The van der Waals surface area contributed by atoms with Crippen molar-refractivity contribution >= 4 is 27.3 Å². The number of anilines is 1. The lowest BCUT2D eigenvalue weighted by molar-refractivity contribution is 0.204. The van der Waals surface area contributed by atoms with Gasteiger partial charge in [-0.05, 0) is 67.4 Å². The Balaban J connectivity index is 1.57. The molecule has 0 spiro atoms. The minimum atomic E-state index is -3.82. The van der Waals surface area contributed by atoms with Crippen molar-refractivity contribution in [3.8, 4) is 5.75 Å². The number of benzene rings is 3. The molecule has 0 unspecified atom stereocenters. The van der Waals surface area contributed by atoms with Crippen LogP contribution in [0.15, 0.2) is 77.7 Å². The second-order valence-corrected chi connectivity index (χ2v) is 10.1. The number of phenolic OH excluding ortho intramolecular Hbond substituents is 1. The first-order valence-corrected chi connectivity index (χ1v) is 12.2. The van der Waals surface area contributed by atoms with E-state index in [1.54, 1.807) is 48.5 Å². The molecule has 1 aliphatic heterocycles. The topological polar surface area (TPSA) is 60.9 Å². The summed E-state index contributed by atoms with van der Waals surface area (Å²) in [6.07, 6.45) is 1.20. The number of piperidine rings is 1. The second kappa shape index (κ2) is 9.48. The Morgan fingerprint density at radius 1 is 1.00 bits per heavy atom. The van der Waals surface area contributed by atoms with Gasteiger partial charge in [0.05, 0.1) is 10.6 Å². The van der Waals surface area contributed by atoms with E-state index in [2.05, 4.69) is 4.90 Å². The van der Waals surface area contributed by atoms with Crippen LogP contribution in [0.3, 0.4) is 0 Å². The zero-order valence-electron chi connectivity index (χ0n) is 17.4. The van der Waals surface area contributed by atoms with Gasteiger partial charge < -0.3 is 5.11 Å². The molecule has 32 heavy (non-hydrogen) atoms. The largest absolute Gasteiger partial charge is 0.508 e. The van der Waals surface area contributed by atoms with Gasteiger partial charge in [-0.15, -0.1) is 0 Å². The number of aromatic hydroxyl groups is 1. The highest BCUT2D eigenvalue weighted by atomic mass is 35.5. The monoisotopic (exact) mass is 474 g/mol. The standard InChI is InChI=1S/C24H24ClFN2O3S/c25-19-6-11-24(29)18(16-19)17-27-14-12-22(13-15-27)28(21-9-7-20(26)8-10-21)32(30,31)23-4-2-1-3-5-23/h1-11,16,22,29H,12-15,17H2. The zero-order chi connectivity index (χ0) is 22.7. The van der Waals surface area contributed by atoms with Crippen molar-refractivity contribution in [1.82, 2.24) is 4.90 Å². The highest BCUT2D eigenvalue weighted by molar-refractivity contribution is 7.92. The number of nitrogens with zero attached hydrogens (tertiary/aromatic N) is 2. The Morgan fingerprint density at radius 3 is 2.31 bits per heavy atom. The van der Waals surface area contributed by atoms with Crippen LogP contribution in [-0.2, 0) is 16.6 Å². The van der Waals surface area contributed by atoms with Crippen LogP contribution in [0.2, 0.25) is 5.02 Å². The van der Waals surface area contributed by atoms with Crippen molar-refractivity contribution in [3.63, 3.8) is 0 Å². The van der Waals surface area contributed by atoms with E-state index < -0.39 is 15.8 Å². The third kappa shape index (κ3) is 4.90. The van der Waals surface area contributed by atoms with Gasteiger partial charge in [0.15, 0.2) is 0 Å². The maximum Gasteiger partial charge on any atom is 0.264 e. The van der Waals surface area contributed by atoms with Crippen LogP contribution in [0.1, 0.15) is 18.4 Å². The van der Waals surface area contributed by atoms with Crippen molar-refractivity contribution in [2.75, 3.05) is 17.4 Å². The van der Waals surface area contributed by atoms with Crippen molar-refractivity contribution in [2.45, 2.75) is 30.3 Å². The number of likely N-dealkylation sites (tertiary alicyclic amines) is 1. The molecule has 4 rings (SSSR count). The van der Waals surface area contributed by atoms with Crippen LogP contribution >= 0.6 is 11.6 Å². The lowest BCUT2D eigenvalue weighted by Gasteiger charge is -2.39. The van der Waals surface area contributed by atoms with Crippen LogP contribution < -0.4 is 4.31 Å². The molecule has 1 saturated heterocycles. The van der Waals surface area contributed by atoms with Crippen molar-refractivity contribution < 1.29 is 17.9 Å². The average molecular weight is 475 g/mol. The lowest BCUT2D eigenvalue weighted by Crippen LogP contribution is -2.47. The van der Waals surface area contributed by atoms with Gasteiger partial charge in [-0.3, -0.25) is 9.21 Å². The summed E-state index contributed by atoms with van der Waals surface area (Å²) < 4.78 is 42.0. The Hall–Kier alpha value is -2.61. The van der Waals surface area contributed by atoms with Gasteiger partial charge in [-0.1, -0.05) is 29.8 Å². The summed E-state index contributed by atoms with van der Waals surface area (Å²) in [7, 11) is -3.82. The number of halogens is 2. The predicted molar refractivity (Wildman–Crippen MR) is 124 cm³/mol. The highest BCUT2D eigenvalue weighted by Gasteiger charge is 2.34. The van der Waals surface area contributed by atoms with Gasteiger partial charge in [-0.25, -0.2) is 12.8 Å². The number of hydrogen-bond donors (Lipinski definition) is 1. The van der Waals surface area contributed by atoms with Gasteiger partial charge in [0.25, 0.3) is 10.0 Å². The first-order chi connectivity index (χ1) is 15.3. The molecule has 1 N–H and O–H groups in total. The molecule has 8 heteroatoms. The zero-order valence-corrected chi connectivity index (χ0v) is 18.9. The summed E-state index contributed by atoms with van der Waals surface area (Å²) in [5.74, 6) is -0.224. The third-order valence-corrected chi connectivity index (χ3v) is 7.84. The third-order valence-electron chi connectivity index (χ3n) is 5.71. The molecule has 3 aromatic rings. The van der Waals surface area contributed by atoms with E-state index in [0.717, 1.165) is 5.56 Å². The molecule has 0 bridgehead atoms. The number of phenols is 1. The average Bonchev–Trinajstić information content (AvgIpc) is 2.79. The van der Waals surface area contributed by atoms with E-state index in [1.807, 2.05) is 0 Å². The van der Waals surface area contributed by atoms with E-state index in [9.17, 15) is 17.9 Å². The van der Waals surface area contributed by atoms with Gasteiger partial charge >= 0.3 is 0 Å². The molecule has 0 radical (unpaired) electrons. The smallest absolute Gasteiger partial charge is 0.264 e. The minimum absolute atomic E-state index is 0.191. The SMILES string of the molecule is O=S(=O)(c1ccccc1)N(c1ccc(F)cc1)C1CCN(Cc2cc(Cl)ccc2O)CC1. The van der Waals surface area contributed by atoms with Gasteiger partial charge in [0.1, 0.15) is 11.6 Å². The molecular formula is C24H24ClFN2O3S. The predicted octanol–water partition coefficient (Wildman–Crippen LogP) is 5.04. The fraction of sp³-hybridized carbons (Fsp3) is 0.250. The van der Waals surface area contributed by atoms with Gasteiger partial charge in [0.2, 0.25) is 0 Å². The molecule has 1 aliphatic rings. The maximum absolute atomic E-state index is 13.5. The Kier molecular flexibility index (Phi) is 6.69. The Morgan fingerprint density at radius 2 is 1.66 bits per heavy atom. The Labute approximate surface area is 192 Å². The molecule has 168 valence electrons. The molecule has 0 amide bonds. The van der Waals surface area contributed by atoms with Crippen molar-refractivity contribution in [1.29, 1.82) is 0 Å². The van der Waals surface area contributed by atoms with E-state index in [0.29, 0.717) is 43.2 Å². The number of sulfonamides is 1. The summed E-state index contributed by atoms with van der Waals surface area (Å²) >= 11 is 6.06. The molecule has 0 saturated carbocycles. The fourth-order valence-electron chi connectivity index (χ4n) is 4.07. The van der Waals surface area contributed by atoms with E-state index >= 15 is 0 Å². The molecule has 0 aliphatic carbocycles.